The molecule has 3 rings (SSSR count). The molecule has 0 saturated carbocycles. The minimum absolute atomic E-state index is 0.0713. The van der Waals surface area contributed by atoms with Crippen molar-refractivity contribution in [3.63, 3.8) is 0 Å². The van der Waals surface area contributed by atoms with Gasteiger partial charge in [-0.3, -0.25) is 4.79 Å². The van der Waals surface area contributed by atoms with Crippen LogP contribution in [0, 0.1) is 0 Å². The first kappa shape index (κ1) is 18.5. The molecule has 138 valence electrons. The summed E-state index contributed by atoms with van der Waals surface area (Å²) in [6, 6.07) is 7.78. The van der Waals surface area contributed by atoms with E-state index in [-0.39, 0.29) is 5.78 Å². The van der Waals surface area contributed by atoms with Crippen LogP contribution in [0.4, 0.5) is 0 Å². The van der Waals surface area contributed by atoms with Crippen LogP contribution in [0.15, 0.2) is 35.7 Å². The van der Waals surface area contributed by atoms with Crippen LogP contribution in [-0.2, 0) is 0 Å². The number of rotatable bonds is 9. The van der Waals surface area contributed by atoms with Crippen LogP contribution in [0.5, 0.6) is 17.2 Å². The van der Waals surface area contributed by atoms with Crippen LogP contribution in [0.25, 0.3) is 6.08 Å². The van der Waals surface area contributed by atoms with Gasteiger partial charge in [0.1, 0.15) is 23.8 Å². The highest BCUT2D eigenvalue weighted by molar-refractivity contribution is 7.13. The van der Waals surface area contributed by atoms with Crippen LogP contribution in [0.3, 0.4) is 0 Å². The van der Waals surface area contributed by atoms with Crippen LogP contribution in [0.2, 0.25) is 0 Å². The summed E-state index contributed by atoms with van der Waals surface area (Å²) in [6.07, 6.45) is 8.16. The zero-order valence-corrected chi connectivity index (χ0v) is 15.8. The number of carbonyl (C=O) groups excluding carboxylic acids is 1. The number of hydrogen-bond donors (Lipinski definition) is 0. The number of hydrogen-bond acceptors (Lipinski definition) is 5. The standard InChI is InChI=1S/C21H24O4S/c1-2-3-4-5-12-23-17-9-6-16(7-10-17)8-11-18(22)21-20-19(15-26-21)24-13-14-25-20/h6-11,15H,2-5,12-14H2,1H3. The number of thiophene rings is 1. The maximum absolute atomic E-state index is 12.4. The molecule has 2 aromatic rings. The molecule has 0 spiro atoms. The lowest BCUT2D eigenvalue weighted by Gasteiger charge is -2.15. The van der Waals surface area contributed by atoms with E-state index >= 15 is 0 Å². The van der Waals surface area contributed by atoms with Crippen LogP contribution in [0.1, 0.15) is 47.8 Å². The minimum atomic E-state index is -0.0713. The average Bonchev–Trinajstić information content (AvgIpc) is 3.11. The van der Waals surface area contributed by atoms with Gasteiger partial charge in [-0.2, -0.15) is 0 Å². The third kappa shape index (κ3) is 4.88. The van der Waals surface area contributed by atoms with Gasteiger partial charge in [-0.1, -0.05) is 44.4 Å². The number of benzene rings is 1. The van der Waals surface area contributed by atoms with Gasteiger partial charge in [-0.15, -0.1) is 11.3 Å². The molecule has 1 aliphatic heterocycles. The molecule has 4 nitrogen and oxygen atoms in total. The average molecular weight is 372 g/mol. The van der Waals surface area contributed by atoms with Gasteiger partial charge in [0, 0.05) is 5.38 Å². The fraction of sp³-hybridized carbons (Fsp3) is 0.381. The van der Waals surface area contributed by atoms with E-state index in [0.717, 1.165) is 24.3 Å². The van der Waals surface area contributed by atoms with Crippen molar-refractivity contribution in [1.82, 2.24) is 0 Å². The molecule has 0 radical (unpaired) electrons. The smallest absolute Gasteiger partial charge is 0.199 e. The Morgan fingerprint density at radius 1 is 1.15 bits per heavy atom. The third-order valence-corrected chi connectivity index (χ3v) is 5.05. The van der Waals surface area contributed by atoms with E-state index in [1.165, 1.54) is 30.6 Å². The molecule has 0 aliphatic carbocycles. The van der Waals surface area contributed by atoms with Gasteiger partial charge in [-0.25, -0.2) is 0 Å². The number of allylic oxidation sites excluding steroid dienone is 1. The molecule has 0 bridgehead atoms. The Bertz CT molecular complexity index is 746. The summed E-state index contributed by atoms with van der Waals surface area (Å²) in [6.45, 7) is 3.96. The monoisotopic (exact) mass is 372 g/mol. The van der Waals surface area contributed by atoms with Gasteiger partial charge in [0.15, 0.2) is 17.3 Å². The van der Waals surface area contributed by atoms with Crippen molar-refractivity contribution >= 4 is 23.2 Å². The molecule has 0 amide bonds. The summed E-state index contributed by atoms with van der Waals surface area (Å²) in [4.78, 5) is 13.0. The minimum Gasteiger partial charge on any atom is -0.494 e. The first-order valence-electron chi connectivity index (χ1n) is 9.10. The summed E-state index contributed by atoms with van der Waals surface area (Å²) in [7, 11) is 0. The molecule has 2 heterocycles. The topological polar surface area (TPSA) is 44.8 Å². The summed E-state index contributed by atoms with van der Waals surface area (Å²) in [5, 5.41) is 1.82. The maximum Gasteiger partial charge on any atom is 0.199 e. The second-order valence-electron chi connectivity index (χ2n) is 6.13. The Morgan fingerprint density at radius 3 is 2.77 bits per heavy atom. The van der Waals surface area contributed by atoms with Crippen molar-refractivity contribution < 1.29 is 19.0 Å². The van der Waals surface area contributed by atoms with Gasteiger partial charge >= 0.3 is 0 Å². The maximum atomic E-state index is 12.4. The lowest BCUT2D eigenvalue weighted by atomic mass is 10.1. The third-order valence-electron chi connectivity index (χ3n) is 4.10. The van der Waals surface area contributed by atoms with E-state index in [2.05, 4.69) is 6.92 Å². The van der Waals surface area contributed by atoms with Crippen molar-refractivity contribution in [2.24, 2.45) is 0 Å². The Morgan fingerprint density at radius 2 is 1.96 bits per heavy atom. The number of fused-ring (bicyclic) bond motifs is 1. The summed E-state index contributed by atoms with van der Waals surface area (Å²) >= 11 is 1.35. The highest BCUT2D eigenvalue weighted by Gasteiger charge is 2.21. The van der Waals surface area contributed by atoms with Crippen molar-refractivity contribution in [1.29, 1.82) is 0 Å². The molecular formula is C21H24O4S. The number of ether oxygens (including phenoxy) is 3. The van der Waals surface area contributed by atoms with Gasteiger partial charge in [0.05, 0.1) is 6.61 Å². The normalized spacial score (nSPS) is 13.1. The zero-order valence-electron chi connectivity index (χ0n) is 15.0. The first-order chi connectivity index (χ1) is 12.8. The van der Waals surface area contributed by atoms with E-state index in [4.69, 9.17) is 14.2 Å². The summed E-state index contributed by atoms with van der Waals surface area (Å²) in [5.41, 5.74) is 0.958. The Hall–Kier alpha value is -2.27. The molecule has 0 atom stereocenters. The molecular weight excluding hydrogens is 348 g/mol. The molecule has 1 aromatic heterocycles. The molecule has 5 heteroatoms. The predicted molar refractivity (Wildman–Crippen MR) is 105 cm³/mol. The number of unbranched alkanes of at least 4 members (excludes halogenated alkanes) is 3. The van der Waals surface area contributed by atoms with Crippen LogP contribution < -0.4 is 14.2 Å². The molecule has 0 saturated heterocycles. The SMILES string of the molecule is CCCCCCOc1ccc(C=CC(=O)c2scc3c2OCCO3)cc1. The highest BCUT2D eigenvalue weighted by atomic mass is 32.1. The van der Waals surface area contributed by atoms with E-state index in [9.17, 15) is 4.79 Å². The second-order valence-corrected chi connectivity index (χ2v) is 7.01. The molecule has 26 heavy (non-hydrogen) atoms. The van der Waals surface area contributed by atoms with E-state index < -0.39 is 0 Å². The van der Waals surface area contributed by atoms with Gasteiger partial charge in [0.25, 0.3) is 0 Å². The number of ketones is 1. The van der Waals surface area contributed by atoms with Gasteiger partial charge in [-0.05, 0) is 30.2 Å². The second kappa shape index (κ2) is 9.43. The van der Waals surface area contributed by atoms with Crippen molar-refractivity contribution in [3.05, 3.63) is 46.2 Å². The van der Waals surface area contributed by atoms with Gasteiger partial charge < -0.3 is 14.2 Å². The Kier molecular flexibility index (Phi) is 6.72. The van der Waals surface area contributed by atoms with Crippen molar-refractivity contribution in [2.45, 2.75) is 32.6 Å². The lowest BCUT2D eigenvalue weighted by Crippen LogP contribution is -2.15. The fourth-order valence-electron chi connectivity index (χ4n) is 2.67. The fourth-order valence-corrected chi connectivity index (χ4v) is 3.53. The molecule has 1 aromatic carbocycles. The van der Waals surface area contributed by atoms with Gasteiger partial charge in [0.2, 0.25) is 0 Å². The Labute approximate surface area is 158 Å². The van der Waals surface area contributed by atoms with Crippen LogP contribution in [-0.4, -0.2) is 25.6 Å². The molecule has 1 aliphatic rings. The molecule has 0 unspecified atom stereocenters. The van der Waals surface area contributed by atoms with Crippen molar-refractivity contribution in [3.8, 4) is 17.2 Å². The quantitative estimate of drug-likeness (QED) is 0.337. The van der Waals surface area contributed by atoms with Crippen LogP contribution >= 0.6 is 11.3 Å². The summed E-state index contributed by atoms with van der Waals surface area (Å²) < 4.78 is 16.8. The zero-order chi connectivity index (χ0) is 18.2. The van der Waals surface area contributed by atoms with E-state index in [1.54, 1.807) is 6.08 Å². The molecule has 0 N–H and O–H groups in total. The predicted octanol–water partition coefficient (Wildman–Crippen LogP) is 5.37. The first-order valence-corrected chi connectivity index (χ1v) is 9.98. The van der Waals surface area contributed by atoms with E-state index in [1.807, 2.05) is 35.7 Å². The lowest BCUT2D eigenvalue weighted by molar-refractivity contribution is 0.104. The number of carbonyl (C=O) groups is 1. The summed E-state index contributed by atoms with van der Waals surface area (Å²) in [5.74, 6) is 2.03. The highest BCUT2D eigenvalue weighted by Crippen LogP contribution is 2.39. The largest absolute Gasteiger partial charge is 0.494 e. The van der Waals surface area contributed by atoms with Crippen molar-refractivity contribution in [2.75, 3.05) is 19.8 Å². The Balaban J connectivity index is 1.53. The van der Waals surface area contributed by atoms with E-state index in [0.29, 0.717) is 29.6 Å². The molecule has 0 fully saturated rings.